The third-order valence-electron chi connectivity index (χ3n) is 3.82. The molecule has 3 rings (SSSR count). The van der Waals surface area contributed by atoms with Gasteiger partial charge in [0.2, 0.25) is 15.9 Å². The van der Waals surface area contributed by atoms with Crippen molar-refractivity contribution in [3.8, 4) is 11.6 Å². The molecule has 0 radical (unpaired) electrons. The van der Waals surface area contributed by atoms with E-state index in [0.29, 0.717) is 16.7 Å². The van der Waals surface area contributed by atoms with Gasteiger partial charge in [0.25, 0.3) is 0 Å². The summed E-state index contributed by atoms with van der Waals surface area (Å²) in [6.07, 6.45) is 1.32. The van der Waals surface area contributed by atoms with Crippen LogP contribution in [0.4, 0.5) is 0 Å². The summed E-state index contributed by atoms with van der Waals surface area (Å²) in [5.41, 5.74) is 0.771. The van der Waals surface area contributed by atoms with Crippen molar-refractivity contribution in [2.45, 2.75) is 17.9 Å². The molecule has 1 aliphatic heterocycles. The maximum Gasteiger partial charge on any atom is 0.243 e. The molecule has 24 heavy (non-hydrogen) atoms. The van der Waals surface area contributed by atoms with Crippen LogP contribution in [0.2, 0.25) is 5.02 Å². The number of sulfonamides is 1. The lowest BCUT2D eigenvalue weighted by molar-refractivity contribution is 0.0722. The van der Waals surface area contributed by atoms with Crippen molar-refractivity contribution in [2.24, 2.45) is 0 Å². The van der Waals surface area contributed by atoms with E-state index >= 15 is 0 Å². The molecule has 0 atom stereocenters. The number of pyridine rings is 1. The highest BCUT2D eigenvalue weighted by Crippen LogP contribution is 2.29. The number of rotatable bonds is 5. The summed E-state index contributed by atoms with van der Waals surface area (Å²) in [5, 5.41) is 0.407. The second-order valence-corrected chi connectivity index (χ2v) is 7.83. The quantitative estimate of drug-likeness (QED) is 0.811. The van der Waals surface area contributed by atoms with Crippen LogP contribution in [0.3, 0.4) is 0 Å². The molecule has 1 aromatic carbocycles. The first-order chi connectivity index (χ1) is 11.4. The van der Waals surface area contributed by atoms with Crippen LogP contribution in [0, 0.1) is 6.92 Å². The zero-order valence-electron chi connectivity index (χ0n) is 13.3. The average molecular weight is 369 g/mol. The first kappa shape index (κ1) is 17.0. The number of halogens is 1. The fourth-order valence-electron chi connectivity index (χ4n) is 2.45. The second kappa shape index (κ2) is 6.58. The van der Waals surface area contributed by atoms with E-state index < -0.39 is 10.0 Å². The Morgan fingerprint density at radius 3 is 2.67 bits per heavy atom. The van der Waals surface area contributed by atoms with Crippen LogP contribution >= 0.6 is 11.6 Å². The molecule has 2 heterocycles. The number of nitrogens with zero attached hydrogens (tertiary/aromatic N) is 2. The number of benzene rings is 1. The van der Waals surface area contributed by atoms with Crippen LogP contribution in [-0.2, 0) is 10.0 Å². The van der Waals surface area contributed by atoms with Crippen molar-refractivity contribution in [3.63, 3.8) is 0 Å². The smallest absolute Gasteiger partial charge is 0.243 e. The van der Waals surface area contributed by atoms with Crippen LogP contribution in [-0.4, -0.2) is 44.0 Å². The largest absolute Gasteiger partial charge is 0.496 e. The van der Waals surface area contributed by atoms with Gasteiger partial charge in [0.05, 0.1) is 25.1 Å². The van der Waals surface area contributed by atoms with Crippen LogP contribution in [0.15, 0.2) is 41.4 Å². The predicted molar refractivity (Wildman–Crippen MR) is 90.2 cm³/mol. The number of hydrogen-bond donors (Lipinski definition) is 0. The highest BCUT2D eigenvalue weighted by Gasteiger charge is 2.38. The molecular formula is C16H17ClN2O4S. The molecule has 0 saturated carbocycles. The lowest BCUT2D eigenvalue weighted by Crippen LogP contribution is -2.56. The minimum atomic E-state index is -3.54. The summed E-state index contributed by atoms with van der Waals surface area (Å²) in [6, 6.07) is 8.20. The van der Waals surface area contributed by atoms with Crippen molar-refractivity contribution in [1.29, 1.82) is 0 Å². The monoisotopic (exact) mass is 368 g/mol. The molecule has 1 aliphatic rings. The minimum Gasteiger partial charge on any atom is -0.496 e. The maximum absolute atomic E-state index is 12.6. The van der Waals surface area contributed by atoms with Crippen molar-refractivity contribution in [1.82, 2.24) is 9.29 Å². The van der Waals surface area contributed by atoms with Gasteiger partial charge in [0.15, 0.2) is 0 Å². The molecule has 2 aromatic rings. The summed E-state index contributed by atoms with van der Waals surface area (Å²) in [5.74, 6) is 0.977. The lowest BCUT2D eigenvalue weighted by atomic mass is 10.2. The van der Waals surface area contributed by atoms with E-state index in [4.69, 9.17) is 21.1 Å². The number of hydrogen-bond acceptors (Lipinski definition) is 5. The summed E-state index contributed by atoms with van der Waals surface area (Å²) >= 11 is 5.99. The Labute approximate surface area is 146 Å². The van der Waals surface area contributed by atoms with E-state index in [-0.39, 0.29) is 24.1 Å². The molecule has 1 fully saturated rings. The molecular weight excluding hydrogens is 352 g/mol. The van der Waals surface area contributed by atoms with Crippen molar-refractivity contribution in [2.75, 3.05) is 20.2 Å². The van der Waals surface area contributed by atoms with Gasteiger partial charge in [-0.1, -0.05) is 11.6 Å². The lowest BCUT2D eigenvalue weighted by Gasteiger charge is -2.37. The molecule has 8 heteroatoms. The van der Waals surface area contributed by atoms with E-state index in [2.05, 4.69) is 4.98 Å². The molecule has 0 amide bonds. The van der Waals surface area contributed by atoms with Gasteiger partial charge >= 0.3 is 0 Å². The molecule has 0 unspecified atom stereocenters. The Bertz CT molecular complexity index is 851. The summed E-state index contributed by atoms with van der Waals surface area (Å²) < 4.78 is 37.4. The third kappa shape index (κ3) is 3.19. The number of aromatic nitrogens is 1. The Morgan fingerprint density at radius 2 is 2.04 bits per heavy atom. The first-order valence-electron chi connectivity index (χ1n) is 7.34. The minimum absolute atomic E-state index is 0.245. The van der Waals surface area contributed by atoms with Gasteiger partial charge in [-0.3, -0.25) is 0 Å². The molecule has 0 N–H and O–H groups in total. The third-order valence-corrected chi connectivity index (χ3v) is 5.94. The Kier molecular flexibility index (Phi) is 4.67. The predicted octanol–water partition coefficient (Wildman–Crippen LogP) is 2.50. The molecule has 128 valence electrons. The highest BCUT2D eigenvalue weighted by atomic mass is 35.5. The topological polar surface area (TPSA) is 68.7 Å². The van der Waals surface area contributed by atoms with Gasteiger partial charge in [0, 0.05) is 6.20 Å². The van der Waals surface area contributed by atoms with Gasteiger partial charge < -0.3 is 9.47 Å². The van der Waals surface area contributed by atoms with Crippen LogP contribution in [0.5, 0.6) is 11.6 Å². The van der Waals surface area contributed by atoms with E-state index in [9.17, 15) is 8.42 Å². The zero-order chi connectivity index (χ0) is 17.3. The van der Waals surface area contributed by atoms with Crippen LogP contribution in [0.25, 0.3) is 0 Å². The fraction of sp³-hybridized carbons (Fsp3) is 0.312. The highest BCUT2D eigenvalue weighted by molar-refractivity contribution is 7.89. The second-order valence-electron chi connectivity index (χ2n) is 5.48. The normalized spacial score (nSPS) is 15.8. The van der Waals surface area contributed by atoms with E-state index in [1.807, 2.05) is 6.92 Å². The zero-order valence-corrected chi connectivity index (χ0v) is 14.8. The molecule has 0 spiro atoms. The SMILES string of the molecule is COc1ccc(S(=O)(=O)N2CC(Oc3ncccc3Cl)C2)cc1C. The van der Waals surface area contributed by atoms with Crippen LogP contribution < -0.4 is 9.47 Å². The maximum atomic E-state index is 12.6. The van der Waals surface area contributed by atoms with E-state index in [1.165, 1.54) is 4.31 Å². The van der Waals surface area contributed by atoms with Gasteiger partial charge in [-0.2, -0.15) is 4.31 Å². The first-order valence-corrected chi connectivity index (χ1v) is 9.15. The standard InChI is InChI=1S/C16H17ClN2O4S/c1-11-8-13(5-6-15(11)22-2)24(20,21)19-9-12(10-19)23-16-14(17)4-3-7-18-16/h3-8,12H,9-10H2,1-2H3. The number of methoxy groups -OCH3 is 1. The van der Waals surface area contributed by atoms with Gasteiger partial charge in [-0.25, -0.2) is 13.4 Å². The molecule has 0 aliphatic carbocycles. The van der Waals surface area contributed by atoms with Gasteiger partial charge in [-0.15, -0.1) is 0 Å². The Balaban J connectivity index is 1.68. The molecule has 1 saturated heterocycles. The summed E-state index contributed by atoms with van der Waals surface area (Å²) in [4.78, 5) is 4.29. The van der Waals surface area contributed by atoms with Gasteiger partial charge in [-0.05, 0) is 42.8 Å². The van der Waals surface area contributed by atoms with Crippen LogP contribution in [0.1, 0.15) is 5.56 Å². The van der Waals surface area contributed by atoms with Crippen molar-refractivity contribution in [3.05, 3.63) is 47.1 Å². The molecule has 1 aromatic heterocycles. The average Bonchev–Trinajstić information content (AvgIpc) is 2.51. The molecule has 6 nitrogen and oxygen atoms in total. The number of aryl methyl sites for hydroxylation is 1. The van der Waals surface area contributed by atoms with E-state index in [1.54, 1.807) is 43.6 Å². The Hall–Kier alpha value is -1.83. The van der Waals surface area contributed by atoms with Crippen molar-refractivity contribution < 1.29 is 17.9 Å². The summed E-state index contributed by atoms with van der Waals surface area (Å²) in [6.45, 7) is 2.34. The summed E-state index contributed by atoms with van der Waals surface area (Å²) in [7, 11) is -1.99. The Morgan fingerprint density at radius 1 is 1.29 bits per heavy atom. The van der Waals surface area contributed by atoms with Gasteiger partial charge in [0.1, 0.15) is 16.9 Å². The number of ether oxygens (including phenoxy) is 2. The van der Waals surface area contributed by atoms with Crippen molar-refractivity contribution >= 4 is 21.6 Å². The van der Waals surface area contributed by atoms with E-state index in [0.717, 1.165) is 5.56 Å². The molecule has 0 bridgehead atoms. The fourth-order valence-corrected chi connectivity index (χ4v) is 4.20.